The van der Waals surface area contributed by atoms with Gasteiger partial charge in [-0.15, -0.1) is 0 Å². The Labute approximate surface area is 122 Å². The molecule has 0 aliphatic heterocycles. The quantitative estimate of drug-likeness (QED) is 0.868. The topological polar surface area (TPSA) is 43.6 Å². The van der Waals surface area contributed by atoms with Gasteiger partial charge in [0.2, 0.25) is 5.91 Å². The summed E-state index contributed by atoms with van der Waals surface area (Å²) in [4.78, 5) is 16.8. The molecule has 2 aromatic rings. The third kappa shape index (κ3) is 2.77. The Hall–Kier alpha value is -1.62. The number of nitrogens with zero attached hydrogens (tertiary/aromatic N) is 2. The number of fused-ring (bicyclic) bond motifs is 1. The standard InChI is InChI=1S/C15H20N2O2S/c1-5-6-7-12(18)16-15-17(3)13-11(19-4)9-8-10(2)14(13)20-15/h8-9H,5-7H2,1-4H3. The van der Waals surface area contributed by atoms with Crippen LogP contribution in [0.1, 0.15) is 31.7 Å². The van der Waals surface area contributed by atoms with Crippen LogP contribution in [0.3, 0.4) is 0 Å². The number of aryl methyl sites for hydroxylation is 2. The molecule has 0 fully saturated rings. The monoisotopic (exact) mass is 292 g/mol. The molecule has 0 spiro atoms. The predicted molar refractivity (Wildman–Crippen MR) is 82.2 cm³/mol. The van der Waals surface area contributed by atoms with Gasteiger partial charge in [-0.1, -0.05) is 30.7 Å². The van der Waals surface area contributed by atoms with Crippen molar-refractivity contribution in [3.8, 4) is 5.75 Å². The molecule has 0 aliphatic rings. The molecule has 0 atom stereocenters. The maximum atomic E-state index is 11.8. The summed E-state index contributed by atoms with van der Waals surface area (Å²) >= 11 is 1.54. The van der Waals surface area contributed by atoms with Crippen molar-refractivity contribution in [1.82, 2.24) is 4.57 Å². The minimum absolute atomic E-state index is 0.0503. The maximum Gasteiger partial charge on any atom is 0.248 e. The van der Waals surface area contributed by atoms with Crippen LogP contribution in [0.5, 0.6) is 5.75 Å². The number of carbonyl (C=O) groups excluding carboxylic acids is 1. The molecule has 1 aromatic carbocycles. The van der Waals surface area contributed by atoms with Gasteiger partial charge >= 0.3 is 0 Å². The lowest BCUT2D eigenvalue weighted by molar-refractivity contribution is -0.118. The van der Waals surface area contributed by atoms with Crippen LogP contribution >= 0.6 is 11.3 Å². The van der Waals surface area contributed by atoms with Crippen molar-refractivity contribution in [2.75, 3.05) is 7.11 Å². The lowest BCUT2D eigenvalue weighted by atomic mass is 10.2. The Kier molecular flexibility index (Phi) is 4.60. The van der Waals surface area contributed by atoms with Crippen LogP contribution in [0.2, 0.25) is 0 Å². The van der Waals surface area contributed by atoms with E-state index < -0.39 is 0 Å². The van der Waals surface area contributed by atoms with E-state index in [9.17, 15) is 4.79 Å². The predicted octanol–water partition coefficient (Wildman–Crippen LogP) is 3.17. The number of benzene rings is 1. The van der Waals surface area contributed by atoms with Gasteiger partial charge in [0, 0.05) is 13.5 Å². The smallest absolute Gasteiger partial charge is 0.248 e. The van der Waals surface area contributed by atoms with E-state index in [0.29, 0.717) is 6.42 Å². The molecule has 20 heavy (non-hydrogen) atoms. The summed E-state index contributed by atoms with van der Waals surface area (Å²) in [7, 11) is 3.58. The van der Waals surface area contributed by atoms with Crippen LogP contribution < -0.4 is 9.54 Å². The number of amides is 1. The Balaban J connectivity index is 2.56. The van der Waals surface area contributed by atoms with E-state index in [1.54, 1.807) is 7.11 Å². The molecular formula is C15H20N2O2S. The normalized spacial score (nSPS) is 12.1. The van der Waals surface area contributed by atoms with Crippen molar-refractivity contribution in [2.45, 2.75) is 33.1 Å². The van der Waals surface area contributed by atoms with Crippen molar-refractivity contribution >= 4 is 27.5 Å². The summed E-state index contributed by atoms with van der Waals surface area (Å²) in [6, 6.07) is 3.98. The van der Waals surface area contributed by atoms with Crippen molar-refractivity contribution in [3.63, 3.8) is 0 Å². The van der Waals surface area contributed by atoms with Crippen molar-refractivity contribution in [3.05, 3.63) is 22.5 Å². The van der Waals surface area contributed by atoms with E-state index in [2.05, 4.69) is 18.8 Å². The van der Waals surface area contributed by atoms with Crippen LogP contribution in [0, 0.1) is 6.92 Å². The Morgan fingerprint density at radius 3 is 2.85 bits per heavy atom. The summed E-state index contributed by atoms with van der Waals surface area (Å²) in [5.74, 6) is 0.762. The highest BCUT2D eigenvalue weighted by Gasteiger charge is 2.11. The molecule has 0 N–H and O–H groups in total. The van der Waals surface area contributed by atoms with Gasteiger partial charge in [-0.05, 0) is 25.0 Å². The summed E-state index contributed by atoms with van der Waals surface area (Å²) < 4.78 is 8.47. The molecule has 0 saturated carbocycles. The number of aromatic nitrogens is 1. The molecule has 108 valence electrons. The largest absolute Gasteiger partial charge is 0.495 e. The number of unbranched alkanes of at least 4 members (excludes halogenated alkanes) is 1. The van der Waals surface area contributed by atoms with Crippen molar-refractivity contribution in [1.29, 1.82) is 0 Å². The number of thiazole rings is 1. The summed E-state index contributed by atoms with van der Waals surface area (Å²) in [5.41, 5.74) is 2.17. The summed E-state index contributed by atoms with van der Waals surface area (Å²) in [6.45, 7) is 4.13. The highest BCUT2D eigenvalue weighted by atomic mass is 32.1. The fraction of sp³-hybridized carbons (Fsp3) is 0.467. The van der Waals surface area contributed by atoms with E-state index in [1.165, 1.54) is 16.9 Å². The van der Waals surface area contributed by atoms with Crippen LogP contribution in [-0.4, -0.2) is 17.6 Å². The fourth-order valence-corrected chi connectivity index (χ4v) is 3.23. The average molecular weight is 292 g/mol. The lowest BCUT2D eigenvalue weighted by Gasteiger charge is -2.05. The van der Waals surface area contributed by atoms with Crippen molar-refractivity contribution < 1.29 is 9.53 Å². The highest BCUT2D eigenvalue weighted by molar-refractivity contribution is 7.16. The Morgan fingerprint density at radius 1 is 1.45 bits per heavy atom. The second kappa shape index (κ2) is 6.22. The van der Waals surface area contributed by atoms with Gasteiger partial charge < -0.3 is 9.30 Å². The van der Waals surface area contributed by atoms with Crippen LogP contribution in [0.25, 0.3) is 10.2 Å². The van der Waals surface area contributed by atoms with Gasteiger partial charge in [-0.3, -0.25) is 4.79 Å². The molecule has 0 bridgehead atoms. The Morgan fingerprint density at radius 2 is 2.20 bits per heavy atom. The molecule has 5 heteroatoms. The number of hydrogen-bond acceptors (Lipinski definition) is 3. The zero-order chi connectivity index (χ0) is 14.7. The number of hydrogen-bond donors (Lipinski definition) is 0. The molecule has 1 aromatic heterocycles. The first-order valence-corrected chi connectivity index (χ1v) is 7.60. The number of ether oxygens (including phenoxy) is 1. The minimum Gasteiger partial charge on any atom is -0.495 e. The minimum atomic E-state index is -0.0503. The molecule has 0 radical (unpaired) electrons. The molecule has 0 aliphatic carbocycles. The van der Waals surface area contributed by atoms with Crippen molar-refractivity contribution in [2.24, 2.45) is 12.0 Å². The summed E-state index contributed by atoms with van der Waals surface area (Å²) in [5, 5.41) is 0. The molecule has 0 unspecified atom stereocenters. The fourth-order valence-electron chi connectivity index (χ4n) is 2.11. The third-order valence-electron chi connectivity index (χ3n) is 3.29. The summed E-state index contributed by atoms with van der Waals surface area (Å²) in [6.07, 6.45) is 2.41. The van der Waals surface area contributed by atoms with E-state index in [-0.39, 0.29) is 5.91 Å². The Bertz CT molecular complexity index is 698. The first-order chi connectivity index (χ1) is 9.58. The van der Waals surface area contributed by atoms with E-state index >= 15 is 0 Å². The van der Waals surface area contributed by atoms with Crippen LogP contribution in [-0.2, 0) is 11.8 Å². The molecule has 1 heterocycles. The molecule has 2 rings (SSSR count). The zero-order valence-corrected chi connectivity index (χ0v) is 13.2. The lowest BCUT2D eigenvalue weighted by Crippen LogP contribution is -2.13. The first kappa shape index (κ1) is 14.8. The SMILES string of the molecule is CCCCC(=O)N=c1sc2c(C)ccc(OC)c2n1C. The molecule has 4 nitrogen and oxygen atoms in total. The average Bonchev–Trinajstić information content (AvgIpc) is 2.76. The maximum absolute atomic E-state index is 11.8. The van der Waals surface area contributed by atoms with Gasteiger partial charge in [-0.2, -0.15) is 4.99 Å². The van der Waals surface area contributed by atoms with Crippen LogP contribution in [0.15, 0.2) is 17.1 Å². The van der Waals surface area contributed by atoms with Gasteiger partial charge in [0.05, 0.1) is 11.8 Å². The van der Waals surface area contributed by atoms with E-state index in [4.69, 9.17) is 4.74 Å². The highest BCUT2D eigenvalue weighted by Crippen LogP contribution is 2.29. The molecule has 1 amide bonds. The van der Waals surface area contributed by atoms with Gasteiger partial charge in [0.15, 0.2) is 4.80 Å². The van der Waals surface area contributed by atoms with E-state index in [0.717, 1.165) is 33.6 Å². The van der Waals surface area contributed by atoms with Crippen LogP contribution in [0.4, 0.5) is 0 Å². The number of rotatable bonds is 4. The molecule has 0 saturated heterocycles. The van der Waals surface area contributed by atoms with Gasteiger partial charge in [0.1, 0.15) is 11.3 Å². The second-order valence-corrected chi connectivity index (χ2v) is 5.79. The van der Waals surface area contributed by atoms with Gasteiger partial charge in [0.25, 0.3) is 0 Å². The number of carbonyl (C=O) groups is 1. The third-order valence-corrected chi connectivity index (χ3v) is 4.56. The van der Waals surface area contributed by atoms with E-state index in [1.807, 2.05) is 23.7 Å². The van der Waals surface area contributed by atoms with Gasteiger partial charge in [-0.25, -0.2) is 0 Å². The zero-order valence-electron chi connectivity index (χ0n) is 12.4. The molecular weight excluding hydrogens is 272 g/mol. The second-order valence-electron chi connectivity index (χ2n) is 4.82. The first-order valence-electron chi connectivity index (χ1n) is 6.79. The number of methoxy groups -OCH3 is 1.